The van der Waals surface area contributed by atoms with Crippen LogP contribution in [0.4, 0.5) is 0 Å². The van der Waals surface area contributed by atoms with Crippen LogP contribution in [0.1, 0.15) is 24.6 Å². The third-order valence-electron chi connectivity index (χ3n) is 3.63. The molecule has 0 amide bonds. The summed E-state index contributed by atoms with van der Waals surface area (Å²) in [6, 6.07) is 4.00. The highest BCUT2D eigenvalue weighted by Crippen LogP contribution is 2.38. The highest BCUT2D eigenvalue weighted by molar-refractivity contribution is 7.20. The average molecular weight is 348 g/mol. The second-order valence-corrected chi connectivity index (χ2v) is 7.18. The van der Waals surface area contributed by atoms with Crippen molar-refractivity contribution in [1.82, 2.24) is 9.55 Å². The lowest BCUT2D eigenvalue weighted by Crippen LogP contribution is -2.20. The second-order valence-electron chi connectivity index (χ2n) is 5.15. The zero-order valence-corrected chi connectivity index (χ0v) is 14.2. The van der Waals surface area contributed by atoms with Crippen LogP contribution in [0.15, 0.2) is 28.6 Å². The number of carboxylic acids is 1. The molecule has 0 saturated heterocycles. The molecule has 0 aliphatic carbocycles. The summed E-state index contributed by atoms with van der Waals surface area (Å²) in [7, 11) is 0. The number of nitrogens with zero attached hydrogens (tertiary/aromatic N) is 2. The number of hydrogen-bond donors (Lipinski definition) is 1. The van der Waals surface area contributed by atoms with E-state index in [1.807, 2.05) is 17.5 Å². The van der Waals surface area contributed by atoms with Crippen molar-refractivity contribution in [1.29, 1.82) is 0 Å². The lowest BCUT2D eigenvalue weighted by Gasteiger charge is -2.05. The lowest BCUT2D eigenvalue weighted by molar-refractivity contribution is -0.137. The largest absolute Gasteiger partial charge is 0.481 e. The summed E-state index contributed by atoms with van der Waals surface area (Å²) in [5, 5.41) is 11.4. The zero-order chi connectivity index (χ0) is 16.4. The molecule has 0 aliphatic heterocycles. The van der Waals surface area contributed by atoms with E-state index in [9.17, 15) is 9.59 Å². The molecule has 120 valence electrons. The number of rotatable bonds is 6. The van der Waals surface area contributed by atoms with Gasteiger partial charge in [0.2, 0.25) is 0 Å². The van der Waals surface area contributed by atoms with Gasteiger partial charge in [-0.3, -0.25) is 14.2 Å². The first-order chi connectivity index (χ1) is 11.1. The molecule has 0 saturated carbocycles. The molecule has 0 fully saturated rings. The number of aromatic nitrogens is 2. The summed E-state index contributed by atoms with van der Waals surface area (Å²) >= 11 is 3.18. The van der Waals surface area contributed by atoms with Crippen LogP contribution in [0.25, 0.3) is 20.7 Å². The summed E-state index contributed by atoms with van der Waals surface area (Å²) < 4.78 is 1.52. The fourth-order valence-electron chi connectivity index (χ4n) is 2.56. The monoisotopic (exact) mass is 348 g/mol. The Morgan fingerprint density at radius 3 is 2.91 bits per heavy atom. The Morgan fingerprint density at radius 1 is 1.43 bits per heavy atom. The van der Waals surface area contributed by atoms with E-state index in [2.05, 4.69) is 11.9 Å². The number of thiophene rings is 2. The third-order valence-corrected chi connectivity index (χ3v) is 5.76. The Kier molecular flexibility index (Phi) is 4.58. The first-order valence-corrected chi connectivity index (χ1v) is 9.08. The van der Waals surface area contributed by atoms with E-state index in [-0.39, 0.29) is 12.0 Å². The number of fused-ring (bicyclic) bond motifs is 1. The van der Waals surface area contributed by atoms with E-state index in [0.29, 0.717) is 18.4 Å². The minimum absolute atomic E-state index is 0.0477. The van der Waals surface area contributed by atoms with Crippen LogP contribution in [0.5, 0.6) is 0 Å². The number of hydrogen-bond acceptors (Lipinski definition) is 5. The predicted molar refractivity (Wildman–Crippen MR) is 93.4 cm³/mol. The minimum atomic E-state index is -0.852. The Labute approximate surface area is 140 Å². The van der Waals surface area contributed by atoms with Crippen LogP contribution >= 0.6 is 22.7 Å². The van der Waals surface area contributed by atoms with Crippen LogP contribution in [0.3, 0.4) is 0 Å². The molecule has 5 nitrogen and oxygen atoms in total. The molecule has 0 bridgehead atoms. The van der Waals surface area contributed by atoms with Gasteiger partial charge in [0.25, 0.3) is 5.56 Å². The van der Waals surface area contributed by atoms with Crippen LogP contribution in [-0.4, -0.2) is 20.6 Å². The van der Waals surface area contributed by atoms with Crippen LogP contribution in [0, 0.1) is 0 Å². The van der Waals surface area contributed by atoms with Gasteiger partial charge in [0.05, 0.1) is 11.7 Å². The van der Waals surface area contributed by atoms with Gasteiger partial charge < -0.3 is 5.11 Å². The van der Waals surface area contributed by atoms with Crippen molar-refractivity contribution in [2.75, 3.05) is 0 Å². The van der Waals surface area contributed by atoms with Gasteiger partial charge in [-0.25, -0.2) is 4.98 Å². The molecule has 0 aromatic carbocycles. The molecule has 0 atom stereocenters. The van der Waals surface area contributed by atoms with Crippen molar-refractivity contribution >= 4 is 38.9 Å². The first-order valence-electron chi connectivity index (χ1n) is 7.38. The molecule has 0 radical (unpaired) electrons. The molecule has 0 spiro atoms. The number of carboxylic acid groups (broad SMARTS) is 1. The number of carbonyl (C=O) groups is 1. The Bertz CT molecular complexity index is 894. The SMILES string of the molecule is CCc1sc2ncn(CCCC(=O)O)c(=O)c2c1-c1cccs1. The van der Waals surface area contributed by atoms with Crippen molar-refractivity contribution in [3.63, 3.8) is 0 Å². The topological polar surface area (TPSA) is 72.2 Å². The summed E-state index contributed by atoms with van der Waals surface area (Å²) in [5.74, 6) is -0.852. The Balaban J connectivity index is 2.10. The van der Waals surface area contributed by atoms with Gasteiger partial charge in [-0.15, -0.1) is 22.7 Å². The van der Waals surface area contributed by atoms with E-state index < -0.39 is 5.97 Å². The molecule has 3 heterocycles. The molecule has 23 heavy (non-hydrogen) atoms. The van der Waals surface area contributed by atoms with Gasteiger partial charge in [-0.1, -0.05) is 13.0 Å². The minimum Gasteiger partial charge on any atom is -0.481 e. The summed E-state index contributed by atoms with van der Waals surface area (Å²) in [5.41, 5.74) is 0.910. The standard InChI is InChI=1S/C16H16N2O3S2/c1-2-10-13(11-5-4-8-22-11)14-15(23-10)17-9-18(16(14)21)7-3-6-12(19)20/h4-5,8-9H,2-3,6-7H2,1H3,(H,19,20). The number of aryl methyl sites for hydroxylation is 2. The van der Waals surface area contributed by atoms with Crippen molar-refractivity contribution in [2.24, 2.45) is 0 Å². The van der Waals surface area contributed by atoms with Crippen molar-refractivity contribution in [2.45, 2.75) is 32.7 Å². The molecule has 3 aromatic rings. The summed E-state index contributed by atoms with van der Waals surface area (Å²) in [4.78, 5) is 30.9. The highest BCUT2D eigenvalue weighted by atomic mass is 32.1. The summed E-state index contributed by atoms with van der Waals surface area (Å²) in [6.07, 6.45) is 2.85. The van der Waals surface area contributed by atoms with Crippen LogP contribution in [0.2, 0.25) is 0 Å². The number of aliphatic carboxylic acids is 1. The summed E-state index contributed by atoms with van der Waals surface area (Å²) in [6.45, 7) is 2.45. The van der Waals surface area contributed by atoms with E-state index in [0.717, 1.165) is 26.6 Å². The third kappa shape index (κ3) is 3.07. The van der Waals surface area contributed by atoms with E-state index in [1.54, 1.807) is 22.7 Å². The molecule has 3 rings (SSSR count). The molecular formula is C16H16N2O3S2. The normalized spacial score (nSPS) is 11.2. The molecule has 1 N–H and O–H groups in total. The Morgan fingerprint density at radius 2 is 2.26 bits per heavy atom. The maximum Gasteiger partial charge on any atom is 0.303 e. The van der Waals surface area contributed by atoms with Gasteiger partial charge >= 0.3 is 5.97 Å². The lowest BCUT2D eigenvalue weighted by atomic mass is 10.1. The average Bonchev–Trinajstić information content (AvgIpc) is 3.15. The fourth-order valence-corrected chi connectivity index (χ4v) is 4.51. The maximum absolute atomic E-state index is 12.8. The zero-order valence-electron chi connectivity index (χ0n) is 12.6. The van der Waals surface area contributed by atoms with E-state index in [4.69, 9.17) is 5.11 Å². The van der Waals surface area contributed by atoms with Gasteiger partial charge in [0, 0.05) is 28.3 Å². The predicted octanol–water partition coefficient (Wildman–Crippen LogP) is 3.61. The van der Waals surface area contributed by atoms with Crippen molar-refractivity contribution < 1.29 is 9.90 Å². The maximum atomic E-state index is 12.8. The van der Waals surface area contributed by atoms with Gasteiger partial charge in [0.15, 0.2) is 0 Å². The van der Waals surface area contributed by atoms with E-state index in [1.165, 1.54) is 10.9 Å². The molecule has 0 unspecified atom stereocenters. The molecule has 3 aromatic heterocycles. The van der Waals surface area contributed by atoms with Gasteiger partial charge in [-0.2, -0.15) is 0 Å². The quantitative estimate of drug-likeness (QED) is 0.738. The smallest absolute Gasteiger partial charge is 0.303 e. The Hall–Kier alpha value is -1.99. The van der Waals surface area contributed by atoms with E-state index >= 15 is 0 Å². The van der Waals surface area contributed by atoms with Crippen molar-refractivity contribution in [3.05, 3.63) is 39.1 Å². The fraction of sp³-hybridized carbons (Fsp3) is 0.312. The van der Waals surface area contributed by atoms with Crippen molar-refractivity contribution in [3.8, 4) is 10.4 Å². The van der Waals surface area contributed by atoms with Gasteiger partial charge in [0.1, 0.15) is 4.83 Å². The van der Waals surface area contributed by atoms with Gasteiger partial charge in [-0.05, 0) is 24.3 Å². The first kappa shape index (κ1) is 15.9. The second kappa shape index (κ2) is 6.64. The van der Waals surface area contributed by atoms with Crippen LogP contribution < -0.4 is 5.56 Å². The molecule has 0 aliphatic rings. The van der Waals surface area contributed by atoms with Crippen LogP contribution in [-0.2, 0) is 17.8 Å². The molecular weight excluding hydrogens is 332 g/mol. The molecule has 7 heteroatoms. The highest BCUT2D eigenvalue weighted by Gasteiger charge is 2.18.